The fraction of sp³-hybridized carbons (Fsp3) is 0.143. The van der Waals surface area contributed by atoms with Crippen LogP contribution in [0.3, 0.4) is 0 Å². The van der Waals surface area contributed by atoms with Gasteiger partial charge < -0.3 is 9.88 Å². The van der Waals surface area contributed by atoms with Crippen LogP contribution in [0, 0.1) is 0 Å². The first-order valence-corrected chi connectivity index (χ1v) is 7.39. The Morgan fingerprint density at radius 3 is 2.86 bits per heavy atom. The predicted octanol–water partition coefficient (Wildman–Crippen LogP) is 1.18. The molecule has 0 aliphatic heterocycles. The number of aryl methyl sites for hydroxylation is 1. The molecule has 0 aliphatic rings. The van der Waals surface area contributed by atoms with E-state index in [4.69, 9.17) is 0 Å². The number of hydrogen-bond donors (Lipinski definition) is 2. The van der Waals surface area contributed by atoms with Crippen molar-refractivity contribution in [2.75, 3.05) is 5.32 Å². The van der Waals surface area contributed by atoms with Gasteiger partial charge in [-0.15, -0.1) is 0 Å². The van der Waals surface area contributed by atoms with Crippen molar-refractivity contribution < 1.29 is 4.79 Å². The number of carbonyl (C=O) groups excluding carboxylic acids is 1. The van der Waals surface area contributed by atoms with Crippen molar-refractivity contribution in [3.63, 3.8) is 0 Å². The number of aromatic amines is 1. The van der Waals surface area contributed by atoms with E-state index < -0.39 is 11.2 Å². The minimum atomic E-state index is -0.528. The van der Waals surface area contributed by atoms with E-state index in [1.165, 1.54) is 28.2 Å². The summed E-state index contributed by atoms with van der Waals surface area (Å²) in [4.78, 5) is 40.8. The summed E-state index contributed by atoms with van der Waals surface area (Å²) in [5.41, 5.74) is -0.153. The van der Waals surface area contributed by atoms with Crippen LogP contribution in [-0.4, -0.2) is 20.4 Å². The van der Waals surface area contributed by atoms with Crippen LogP contribution in [-0.2, 0) is 11.3 Å². The number of hydrogen-bond acceptors (Lipinski definition) is 5. The third-order valence-corrected chi connectivity index (χ3v) is 3.97. The molecule has 0 saturated carbocycles. The number of para-hydroxylation sites is 1. The molecule has 8 heteroatoms. The number of thiazole rings is 1. The number of fused-ring (bicyclic) bond motifs is 1. The second-order valence-corrected chi connectivity index (χ2v) is 5.62. The highest BCUT2D eigenvalue weighted by Gasteiger charge is 2.08. The highest BCUT2D eigenvalue weighted by atomic mass is 32.1. The molecule has 0 fully saturated rings. The molecule has 0 bridgehead atoms. The fourth-order valence-corrected chi connectivity index (χ4v) is 2.83. The van der Waals surface area contributed by atoms with Crippen molar-refractivity contribution >= 4 is 32.6 Å². The van der Waals surface area contributed by atoms with Gasteiger partial charge in [0.05, 0.1) is 10.2 Å². The lowest BCUT2D eigenvalue weighted by molar-refractivity contribution is -0.116. The molecule has 0 unspecified atom stereocenters. The number of anilines is 1. The summed E-state index contributed by atoms with van der Waals surface area (Å²) in [7, 11) is 0. The molecule has 1 amide bonds. The van der Waals surface area contributed by atoms with Crippen LogP contribution in [0.25, 0.3) is 10.2 Å². The highest BCUT2D eigenvalue weighted by Crippen LogP contribution is 2.25. The Morgan fingerprint density at radius 1 is 1.27 bits per heavy atom. The lowest BCUT2D eigenvalue weighted by atomic mass is 10.3. The van der Waals surface area contributed by atoms with E-state index >= 15 is 0 Å². The smallest absolute Gasteiger partial charge is 0.302 e. The summed E-state index contributed by atoms with van der Waals surface area (Å²) in [6.07, 6.45) is 1.48. The van der Waals surface area contributed by atoms with E-state index in [0.29, 0.717) is 5.13 Å². The van der Waals surface area contributed by atoms with Crippen LogP contribution in [0.2, 0.25) is 0 Å². The zero-order valence-corrected chi connectivity index (χ0v) is 12.2. The van der Waals surface area contributed by atoms with Gasteiger partial charge in [-0.3, -0.25) is 14.6 Å². The Morgan fingerprint density at radius 2 is 2.09 bits per heavy atom. The Balaban J connectivity index is 1.65. The molecule has 1 aromatic carbocycles. The first-order chi connectivity index (χ1) is 10.6. The highest BCUT2D eigenvalue weighted by molar-refractivity contribution is 7.22. The Kier molecular flexibility index (Phi) is 3.84. The predicted molar refractivity (Wildman–Crippen MR) is 84.2 cm³/mol. The van der Waals surface area contributed by atoms with Gasteiger partial charge >= 0.3 is 5.69 Å². The van der Waals surface area contributed by atoms with E-state index in [1.807, 2.05) is 24.3 Å². The van der Waals surface area contributed by atoms with Gasteiger partial charge in [0.25, 0.3) is 5.56 Å². The molecule has 7 nitrogen and oxygen atoms in total. The number of nitrogens with zero attached hydrogens (tertiary/aromatic N) is 2. The molecule has 22 heavy (non-hydrogen) atoms. The van der Waals surface area contributed by atoms with Gasteiger partial charge in [0.15, 0.2) is 5.13 Å². The number of aromatic nitrogens is 3. The topological polar surface area (TPSA) is 96.9 Å². The molecule has 0 atom stereocenters. The number of H-pyrrole nitrogens is 1. The number of nitrogens with one attached hydrogen (secondary N) is 2. The standard InChI is InChI=1S/C14H12N4O3S/c19-11(5-7-18-8-6-12(20)17-14(18)21)16-13-15-9-3-1-2-4-10(9)22-13/h1-4,6,8H,5,7H2,(H,15,16,19)(H,17,20,21). The van der Waals surface area contributed by atoms with E-state index in [1.54, 1.807) is 0 Å². The lowest BCUT2D eigenvalue weighted by Gasteiger charge is -2.04. The van der Waals surface area contributed by atoms with Gasteiger partial charge in [-0.05, 0) is 12.1 Å². The monoisotopic (exact) mass is 316 g/mol. The first kappa shape index (κ1) is 14.2. The number of benzene rings is 1. The zero-order chi connectivity index (χ0) is 15.5. The van der Waals surface area contributed by atoms with Crippen LogP contribution >= 0.6 is 11.3 Å². The maximum atomic E-state index is 11.9. The third-order valence-electron chi connectivity index (χ3n) is 3.02. The van der Waals surface area contributed by atoms with Crippen molar-refractivity contribution in [1.82, 2.24) is 14.5 Å². The Labute approximate surface area is 128 Å². The molecular formula is C14H12N4O3S. The average Bonchev–Trinajstić information content (AvgIpc) is 2.88. The van der Waals surface area contributed by atoms with Gasteiger partial charge in [-0.25, -0.2) is 9.78 Å². The van der Waals surface area contributed by atoms with Crippen LogP contribution in [0.5, 0.6) is 0 Å². The number of rotatable bonds is 4. The Bertz CT molecular complexity index is 908. The Hall–Kier alpha value is -2.74. The van der Waals surface area contributed by atoms with Crippen molar-refractivity contribution in [2.45, 2.75) is 13.0 Å². The van der Waals surface area contributed by atoms with Crippen molar-refractivity contribution in [1.29, 1.82) is 0 Å². The van der Waals surface area contributed by atoms with Crippen molar-refractivity contribution in [3.8, 4) is 0 Å². The molecule has 3 aromatic rings. The third kappa shape index (κ3) is 3.12. The second-order valence-electron chi connectivity index (χ2n) is 4.59. The van der Waals surface area contributed by atoms with Crippen molar-refractivity contribution in [2.24, 2.45) is 0 Å². The molecular weight excluding hydrogens is 304 g/mol. The van der Waals surface area contributed by atoms with E-state index in [9.17, 15) is 14.4 Å². The summed E-state index contributed by atoms with van der Waals surface area (Å²) in [6.45, 7) is 0.187. The molecule has 2 N–H and O–H groups in total. The SMILES string of the molecule is O=C(CCn1ccc(=O)[nH]c1=O)Nc1nc2ccccc2s1. The van der Waals surface area contributed by atoms with E-state index in [0.717, 1.165) is 10.2 Å². The van der Waals surface area contributed by atoms with Crippen molar-refractivity contribution in [3.05, 3.63) is 57.4 Å². The second kappa shape index (κ2) is 5.94. The normalized spacial score (nSPS) is 10.7. The van der Waals surface area contributed by atoms with Gasteiger partial charge in [0, 0.05) is 25.2 Å². The maximum absolute atomic E-state index is 11.9. The number of amides is 1. The summed E-state index contributed by atoms with van der Waals surface area (Å²) in [5.74, 6) is -0.239. The lowest BCUT2D eigenvalue weighted by Crippen LogP contribution is -2.29. The van der Waals surface area contributed by atoms with Gasteiger partial charge in [0.1, 0.15) is 0 Å². The molecule has 0 saturated heterocycles. The summed E-state index contributed by atoms with van der Waals surface area (Å²) < 4.78 is 2.27. The van der Waals surface area contributed by atoms with Gasteiger partial charge in [0.2, 0.25) is 5.91 Å². The molecule has 112 valence electrons. The number of carbonyl (C=O) groups is 1. The summed E-state index contributed by atoms with van der Waals surface area (Å²) in [6, 6.07) is 8.85. The molecule has 0 radical (unpaired) electrons. The van der Waals surface area contributed by atoms with E-state index in [2.05, 4.69) is 15.3 Å². The zero-order valence-electron chi connectivity index (χ0n) is 11.4. The molecule has 2 aromatic heterocycles. The molecule has 0 spiro atoms. The molecule has 3 rings (SSSR count). The van der Waals surface area contributed by atoms with Crippen LogP contribution < -0.4 is 16.6 Å². The van der Waals surface area contributed by atoms with E-state index in [-0.39, 0.29) is 18.9 Å². The van der Waals surface area contributed by atoms with Crippen LogP contribution in [0.15, 0.2) is 46.1 Å². The van der Waals surface area contributed by atoms with Crippen LogP contribution in [0.1, 0.15) is 6.42 Å². The fourth-order valence-electron chi connectivity index (χ4n) is 1.95. The van der Waals surface area contributed by atoms with Gasteiger partial charge in [-0.2, -0.15) is 0 Å². The summed E-state index contributed by atoms with van der Waals surface area (Å²) >= 11 is 1.39. The molecule has 2 heterocycles. The first-order valence-electron chi connectivity index (χ1n) is 6.57. The minimum Gasteiger partial charge on any atom is -0.302 e. The molecule has 0 aliphatic carbocycles. The quantitative estimate of drug-likeness (QED) is 0.755. The maximum Gasteiger partial charge on any atom is 0.328 e. The average molecular weight is 316 g/mol. The van der Waals surface area contributed by atoms with Gasteiger partial charge in [-0.1, -0.05) is 23.5 Å². The largest absolute Gasteiger partial charge is 0.328 e. The van der Waals surface area contributed by atoms with Crippen LogP contribution in [0.4, 0.5) is 5.13 Å². The summed E-state index contributed by atoms with van der Waals surface area (Å²) in [5, 5.41) is 3.24. The minimum absolute atomic E-state index is 0.113.